The molecule has 0 aliphatic carbocycles. The van der Waals surface area contributed by atoms with E-state index in [0.717, 1.165) is 44.7 Å². The van der Waals surface area contributed by atoms with Gasteiger partial charge in [-0.15, -0.1) is 0 Å². The standard InChI is InChI=1S/C18H28ClNO3/c1-4-6-10-22-11-7-8-20-14-15-12-16(19)18(23-9-5-2)17(13-15)21-3/h5,12-13,20H,2,4,6-11,14H2,1,3H3. The zero-order valence-electron chi connectivity index (χ0n) is 14.2. The fourth-order valence-electron chi connectivity index (χ4n) is 2.04. The maximum Gasteiger partial charge on any atom is 0.180 e. The molecule has 130 valence electrons. The van der Waals surface area contributed by atoms with E-state index in [4.69, 9.17) is 25.8 Å². The first-order valence-electron chi connectivity index (χ1n) is 8.11. The second-order valence-corrected chi connectivity index (χ2v) is 5.61. The summed E-state index contributed by atoms with van der Waals surface area (Å²) >= 11 is 6.27. The minimum absolute atomic E-state index is 0.395. The van der Waals surface area contributed by atoms with Gasteiger partial charge < -0.3 is 19.5 Å². The van der Waals surface area contributed by atoms with Crippen LogP contribution in [0.3, 0.4) is 0 Å². The molecule has 0 radical (unpaired) electrons. The summed E-state index contributed by atoms with van der Waals surface area (Å²) in [5.41, 5.74) is 1.06. The molecule has 0 saturated carbocycles. The molecule has 1 N–H and O–H groups in total. The van der Waals surface area contributed by atoms with Gasteiger partial charge >= 0.3 is 0 Å². The molecule has 0 aliphatic rings. The molecule has 23 heavy (non-hydrogen) atoms. The topological polar surface area (TPSA) is 39.7 Å². The monoisotopic (exact) mass is 341 g/mol. The van der Waals surface area contributed by atoms with Crippen LogP contribution in [-0.2, 0) is 11.3 Å². The van der Waals surface area contributed by atoms with Crippen LogP contribution in [0.4, 0.5) is 0 Å². The number of ether oxygens (including phenoxy) is 3. The van der Waals surface area contributed by atoms with Crippen LogP contribution in [0.15, 0.2) is 24.8 Å². The van der Waals surface area contributed by atoms with Crippen molar-refractivity contribution in [2.75, 3.05) is 33.5 Å². The number of halogens is 1. The van der Waals surface area contributed by atoms with Gasteiger partial charge in [0.1, 0.15) is 6.61 Å². The first-order chi connectivity index (χ1) is 11.2. The van der Waals surface area contributed by atoms with Crippen molar-refractivity contribution in [3.63, 3.8) is 0 Å². The lowest BCUT2D eigenvalue weighted by Crippen LogP contribution is -2.16. The highest BCUT2D eigenvalue weighted by molar-refractivity contribution is 6.32. The van der Waals surface area contributed by atoms with Gasteiger partial charge in [0.15, 0.2) is 11.5 Å². The van der Waals surface area contributed by atoms with Crippen molar-refractivity contribution in [2.24, 2.45) is 0 Å². The summed E-state index contributed by atoms with van der Waals surface area (Å²) in [6.45, 7) is 9.48. The summed E-state index contributed by atoms with van der Waals surface area (Å²) in [6.07, 6.45) is 4.97. The second-order valence-electron chi connectivity index (χ2n) is 5.20. The predicted molar refractivity (Wildman–Crippen MR) is 95.7 cm³/mol. The molecule has 0 spiro atoms. The maximum atomic E-state index is 6.27. The zero-order chi connectivity index (χ0) is 16.9. The number of hydrogen-bond acceptors (Lipinski definition) is 4. The largest absolute Gasteiger partial charge is 0.493 e. The molecule has 5 heteroatoms. The SMILES string of the molecule is C=CCOc1c(Cl)cc(CNCCCOCCCC)cc1OC. The van der Waals surface area contributed by atoms with Crippen molar-refractivity contribution in [2.45, 2.75) is 32.7 Å². The van der Waals surface area contributed by atoms with E-state index < -0.39 is 0 Å². The van der Waals surface area contributed by atoms with E-state index in [-0.39, 0.29) is 0 Å². The van der Waals surface area contributed by atoms with Crippen LogP contribution in [0.5, 0.6) is 11.5 Å². The average Bonchev–Trinajstić information content (AvgIpc) is 2.55. The minimum Gasteiger partial charge on any atom is -0.493 e. The van der Waals surface area contributed by atoms with Crippen LogP contribution >= 0.6 is 11.6 Å². The summed E-state index contributed by atoms with van der Waals surface area (Å²) in [5.74, 6) is 1.20. The first-order valence-corrected chi connectivity index (χ1v) is 8.49. The Balaban J connectivity index is 2.39. The molecule has 0 bridgehead atoms. The summed E-state index contributed by atoms with van der Waals surface area (Å²) in [4.78, 5) is 0. The third kappa shape index (κ3) is 7.73. The molecule has 0 atom stereocenters. The van der Waals surface area contributed by atoms with Crippen molar-refractivity contribution in [3.8, 4) is 11.5 Å². The summed E-state index contributed by atoms with van der Waals surface area (Å²) in [6, 6.07) is 3.84. The molecule has 0 aromatic heterocycles. The van der Waals surface area contributed by atoms with Gasteiger partial charge in [-0.05, 0) is 37.1 Å². The first kappa shape index (κ1) is 19.8. The van der Waals surface area contributed by atoms with Crippen molar-refractivity contribution < 1.29 is 14.2 Å². The van der Waals surface area contributed by atoms with Gasteiger partial charge in [-0.2, -0.15) is 0 Å². The fraction of sp³-hybridized carbons (Fsp3) is 0.556. The second kappa shape index (κ2) is 12.2. The third-order valence-corrected chi connectivity index (χ3v) is 3.53. The molecular formula is C18H28ClNO3. The lowest BCUT2D eigenvalue weighted by molar-refractivity contribution is 0.129. The van der Waals surface area contributed by atoms with Crippen LogP contribution in [-0.4, -0.2) is 33.5 Å². The van der Waals surface area contributed by atoms with Crippen LogP contribution < -0.4 is 14.8 Å². The Morgan fingerprint density at radius 2 is 2.04 bits per heavy atom. The third-order valence-electron chi connectivity index (χ3n) is 3.25. The van der Waals surface area contributed by atoms with E-state index in [9.17, 15) is 0 Å². The maximum absolute atomic E-state index is 6.27. The average molecular weight is 342 g/mol. The van der Waals surface area contributed by atoms with Crippen LogP contribution in [0.25, 0.3) is 0 Å². The Morgan fingerprint density at radius 1 is 1.26 bits per heavy atom. The van der Waals surface area contributed by atoms with Crippen LogP contribution in [0, 0.1) is 0 Å². The highest BCUT2D eigenvalue weighted by Crippen LogP contribution is 2.36. The smallest absolute Gasteiger partial charge is 0.180 e. The van der Waals surface area contributed by atoms with E-state index in [1.807, 2.05) is 12.1 Å². The number of rotatable bonds is 13. The number of nitrogens with one attached hydrogen (secondary N) is 1. The lowest BCUT2D eigenvalue weighted by atomic mass is 10.2. The van der Waals surface area contributed by atoms with Gasteiger partial charge in [0.25, 0.3) is 0 Å². The molecule has 4 nitrogen and oxygen atoms in total. The normalized spacial score (nSPS) is 10.6. The lowest BCUT2D eigenvalue weighted by Gasteiger charge is -2.13. The Labute approximate surface area is 144 Å². The van der Waals surface area contributed by atoms with Gasteiger partial charge in [-0.1, -0.05) is 37.6 Å². The van der Waals surface area contributed by atoms with E-state index in [1.54, 1.807) is 13.2 Å². The highest BCUT2D eigenvalue weighted by atomic mass is 35.5. The van der Waals surface area contributed by atoms with Crippen LogP contribution in [0.1, 0.15) is 31.7 Å². The van der Waals surface area contributed by atoms with Gasteiger partial charge in [0.05, 0.1) is 12.1 Å². The van der Waals surface area contributed by atoms with Gasteiger partial charge in [0.2, 0.25) is 0 Å². The van der Waals surface area contributed by atoms with Crippen LogP contribution in [0.2, 0.25) is 5.02 Å². The Bertz CT molecular complexity index is 466. The van der Waals surface area contributed by atoms with E-state index >= 15 is 0 Å². The van der Waals surface area contributed by atoms with Gasteiger partial charge in [-0.25, -0.2) is 0 Å². The summed E-state index contributed by atoms with van der Waals surface area (Å²) in [5, 5.41) is 3.93. The molecule has 1 aromatic carbocycles. The zero-order valence-corrected chi connectivity index (χ0v) is 15.0. The van der Waals surface area contributed by atoms with Gasteiger partial charge in [-0.3, -0.25) is 0 Å². The number of unbranched alkanes of at least 4 members (excludes halogenated alkanes) is 1. The molecule has 0 heterocycles. The molecular weight excluding hydrogens is 314 g/mol. The fourth-order valence-corrected chi connectivity index (χ4v) is 2.33. The van der Waals surface area contributed by atoms with E-state index in [0.29, 0.717) is 23.1 Å². The van der Waals surface area contributed by atoms with Crippen molar-refractivity contribution in [3.05, 3.63) is 35.4 Å². The highest BCUT2D eigenvalue weighted by Gasteiger charge is 2.11. The molecule has 0 aliphatic heterocycles. The number of hydrogen-bond donors (Lipinski definition) is 1. The quantitative estimate of drug-likeness (QED) is 0.431. The minimum atomic E-state index is 0.395. The molecule has 0 saturated heterocycles. The van der Waals surface area contributed by atoms with Crippen molar-refractivity contribution >= 4 is 11.6 Å². The Hall–Kier alpha value is -1.23. The summed E-state index contributed by atoms with van der Waals surface area (Å²) in [7, 11) is 1.61. The number of benzene rings is 1. The summed E-state index contributed by atoms with van der Waals surface area (Å²) < 4.78 is 16.4. The molecule has 0 unspecified atom stereocenters. The molecule has 0 amide bonds. The Morgan fingerprint density at radius 3 is 2.74 bits per heavy atom. The predicted octanol–water partition coefficient (Wildman–Crippen LogP) is 4.21. The number of methoxy groups -OCH3 is 1. The molecule has 1 rings (SSSR count). The molecule has 0 fully saturated rings. The molecule has 1 aromatic rings. The van der Waals surface area contributed by atoms with E-state index in [2.05, 4.69) is 18.8 Å². The van der Waals surface area contributed by atoms with E-state index in [1.165, 1.54) is 6.42 Å². The van der Waals surface area contributed by atoms with Gasteiger partial charge in [0, 0.05) is 19.8 Å². The van der Waals surface area contributed by atoms with Crippen molar-refractivity contribution in [1.29, 1.82) is 0 Å². The van der Waals surface area contributed by atoms with Crippen molar-refractivity contribution in [1.82, 2.24) is 5.32 Å². The Kier molecular flexibility index (Phi) is 10.5.